The summed E-state index contributed by atoms with van der Waals surface area (Å²) in [5, 5.41) is 18.4. The third kappa shape index (κ3) is 3.40. The van der Waals surface area contributed by atoms with Gasteiger partial charge in [0.25, 0.3) is 10.0 Å². The van der Waals surface area contributed by atoms with Gasteiger partial charge in [-0.1, -0.05) is 18.2 Å². The smallest absolute Gasteiger partial charge is 0.261 e. The van der Waals surface area contributed by atoms with Gasteiger partial charge in [0.15, 0.2) is 0 Å². The maximum Gasteiger partial charge on any atom is 0.261 e. The van der Waals surface area contributed by atoms with Crippen LogP contribution in [0, 0.1) is 11.3 Å². The molecule has 2 N–H and O–H groups in total. The maximum atomic E-state index is 12.3. The first kappa shape index (κ1) is 15.0. The van der Waals surface area contributed by atoms with Crippen LogP contribution in [0.2, 0.25) is 0 Å². The molecule has 0 aliphatic carbocycles. The number of benzene rings is 2. The molecular weight excluding hydrogens is 288 g/mol. The Balaban J connectivity index is 2.35. The van der Waals surface area contributed by atoms with Crippen LogP contribution in [0.5, 0.6) is 0 Å². The zero-order valence-corrected chi connectivity index (χ0v) is 12.1. The fourth-order valence-electron chi connectivity index (χ4n) is 1.87. The second-order valence-corrected chi connectivity index (χ2v) is 6.19. The molecule has 21 heavy (non-hydrogen) atoms. The minimum Gasteiger partial charge on any atom is -0.389 e. The van der Waals surface area contributed by atoms with Crippen molar-refractivity contribution in [3.8, 4) is 6.07 Å². The number of nitrogens with one attached hydrogen (secondary N) is 1. The van der Waals surface area contributed by atoms with Gasteiger partial charge in [0, 0.05) is 5.56 Å². The van der Waals surface area contributed by atoms with Gasteiger partial charge in [-0.2, -0.15) is 5.26 Å². The third-order valence-electron chi connectivity index (χ3n) is 2.95. The van der Waals surface area contributed by atoms with E-state index < -0.39 is 16.1 Å². The maximum absolute atomic E-state index is 12.3. The first-order valence-corrected chi connectivity index (χ1v) is 7.72. The summed E-state index contributed by atoms with van der Waals surface area (Å²) in [6.45, 7) is 1.56. The molecule has 0 heterocycles. The van der Waals surface area contributed by atoms with Crippen LogP contribution >= 0.6 is 0 Å². The summed E-state index contributed by atoms with van der Waals surface area (Å²) in [6, 6.07) is 14.2. The Hall–Kier alpha value is -2.36. The van der Waals surface area contributed by atoms with Gasteiger partial charge >= 0.3 is 0 Å². The molecule has 0 saturated heterocycles. The number of sulfonamides is 1. The lowest BCUT2D eigenvalue weighted by atomic mass is 10.1. The number of hydrogen-bond acceptors (Lipinski definition) is 4. The van der Waals surface area contributed by atoms with Crippen molar-refractivity contribution >= 4 is 15.7 Å². The Morgan fingerprint density at radius 1 is 1.14 bits per heavy atom. The van der Waals surface area contributed by atoms with Crippen molar-refractivity contribution in [3.63, 3.8) is 0 Å². The zero-order valence-electron chi connectivity index (χ0n) is 11.3. The van der Waals surface area contributed by atoms with Crippen LogP contribution in [0.4, 0.5) is 5.69 Å². The molecule has 108 valence electrons. The standard InChI is InChI=1S/C15H14N2O3S/c1-11(18)14-4-2-3-5-15(14)17-21(19,20)13-8-6-12(10-16)7-9-13/h2-9,11,17-18H,1H3. The SMILES string of the molecule is CC(O)c1ccccc1NS(=O)(=O)c1ccc(C#N)cc1. The molecule has 0 spiro atoms. The highest BCUT2D eigenvalue weighted by molar-refractivity contribution is 7.92. The molecule has 0 aliphatic rings. The normalized spacial score (nSPS) is 12.4. The van der Waals surface area contributed by atoms with Crippen LogP contribution in [-0.4, -0.2) is 13.5 Å². The van der Waals surface area contributed by atoms with Gasteiger partial charge in [-0.15, -0.1) is 0 Å². The Morgan fingerprint density at radius 2 is 1.76 bits per heavy atom. The van der Waals surface area contributed by atoms with Crippen LogP contribution in [0.25, 0.3) is 0 Å². The summed E-state index contributed by atoms with van der Waals surface area (Å²) in [5.74, 6) is 0. The molecule has 0 aliphatic heterocycles. The summed E-state index contributed by atoms with van der Waals surface area (Å²) in [7, 11) is -3.76. The Kier molecular flexibility index (Phi) is 4.26. The van der Waals surface area contributed by atoms with Gasteiger partial charge in [-0.3, -0.25) is 4.72 Å². The van der Waals surface area contributed by atoms with Crippen molar-refractivity contribution in [3.05, 3.63) is 59.7 Å². The van der Waals surface area contributed by atoms with Gasteiger partial charge in [0.2, 0.25) is 0 Å². The zero-order chi connectivity index (χ0) is 15.5. The molecule has 2 aromatic carbocycles. The summed E-state index contributed by atoms with van der Waals surface area (Å²) in [4.78, 5) is 0.0573. The van der Waals surface area contributed by atoms with E-state index in [0.717, 1.165) is 0 Å². The highest BCUT2D eigenvalue weighted by atomic mass is 32.2. The Bertz CT molecular complexity index is 775. The molecule has 0 saturated carbocycles. The van der Waals surface area contributed by atoms with Gasteiger partial charge in [-0.25, -0.2) is 8.42 Å². The highest BCUT2D eigenvalue weighted by Gasteiger charge is 2.17. The molecule has 0 aromatic heterocycles. The number of aliphatic hydroxyl groups is 1. The van der Waals surface area contributed by atoms with Crippen molar-refractivity contribution in [2.24, 2.45) is 0 Å². The first-order valence-electron chi connectivity index (χ1n) is 6.24. The van der Waals surface area contributed by atoms with E-state index in [2.05, 4.69) is 4.72 Å². The molecule has 0 radical (unpaired) electrons. The van der Waals surface area contributed by atoms with Gasteiger partial charge in [0.05, 0.1) is 28.3 Å². The van der Waals surface area contributed by atoms with Crippen LogP contribution < -0.4 is 4.72 Å². The van der Waals surface area contributed by atoms with Gasteiger partial charge in [0.1, 0.15) is 0 Å². The molecule has 6 heteroatoms. The molecular formula is C15H14N2O3S. The summed E-state index contributed by atoms with van der Waals surface area (Å²) in [5.41, 5.74) is 1.21. The fourth-order valence-corrected chi connectivity index (χ4v) is 2.95. The fraction of sp³-hybridized carbons (Fsp3) is 0.133. The van der Waals surface area contributed by atoms with E-state index in [4.69, 9.17) is 5.26 Å². The van der Waals surface area contributed by atoms with E-state index in [9.17, 15) is 13.5 Å². The lowest BCUT2D eigenvalue weighted by Crippen LogP contribution is -2.14. The summed E-state index contributed by atoms with van der Waals surface area (Å²) < 4.78 is 27.1. The number of rotatable bonds is 4. The highest BCUT2D eigenvalue weighted by Crippen LogP contribution is 2.25. The third-order valence-corrected chi connectivity index (χ3v) is 4.33. The van der Waals surface area contributed by atoms with Crippen molar-refractivity contribution in [1.82, 2.24) is 0 Å². The number of hydrogen-bond donors (Lipinski definition) is 2. The molecule has 5 nitrogen and oxygen atoms in total. The van der Waals surface area contributed by atoms with Crippen molar-refractivity contribution in [1.29, 1.82) is 5.26 Å². The van der Waals surface area contributed by atoms with Crippen molar-refractivity contribution < 1.29 is 13.5 Å². The molecule has 2 rings (SSSR count). The number of nitrogens with zero attached hydrogens (tertiary/aromatic N) is 1. The monoisotopic (exact) mass is 302 g/mol. The van der Waals surface area contributed by atoms with E-state index >= 15 is 0 Å². The molecule has 2 aromatic rings. The lowest BCUT2D eigenvalue weighted by Gasteiger charge is -2.14. The van der Waals surface area contributed by atoms with Crippen LogP contribution in [0.3, 0.4) is 0 Å². The Morgan fingerprint density at radius 3 is 2.33 bits per heavy atom. The first-order chi connectivity index (χ1) is 9.94. The van der Waals surface area contributed by atoms with E-state index in [-0.39, 0.29) is 4.90 Å². The van der Waals surface area contributed by atoms with Gasteiger partial charge < -0.3 is 5.11 Å². The van der Waals surface area contributed by atoms with E-state index in [1.54, 1.807) is 31.2 Å². The topological polar surface area (TPSA) is 90.2 Å². The second kappa shape index (κ2) is 5.95. The second-order valence-electron chi connectivity index (χ2n) is 4.50. The van der Waals surface area contributed by atoms with Crippen LogP contribution in [0.15, 0.2) is 53.4 Å². The van der Waals surface area contributed by atoms with Crippen molar-refractivity contribution in [2.75, 3.05) is 4.72 Å². The van der Waals surface area contributed by atoms with E-state index in [1.807, 2.05) is 6.07 Å². The molecule has 0 amide bonds. The van der Waals surface area contributed by atoms with Crippen LogP contribution in [0.1, 0.15) is 24.2 Å². The number of aliphatic hydroxyl groups excluding tert-OH is 1. The van der Waals surface area contributed by atoms with Crippen LogP contribution in [-0.2, 0) is 10.0 Å². The van der Waals surface area contributed by atoms with E-state index in [0.29, 0.717) is 16.8 Å². The largest absolute Gasteiger partial charge is 0.389 e. The summed E-state index contributed by atoms with van der Waals surface area (Å²) >= 11 is 0. The lowest BCUT2D eigenvalue weighted by molar-refractivity contribution is 0.200. The molecule has 1 unspecified atom stereocenters. The number of nitriles is 1. The number of para-hydroxylation sites is 1. The minimum atomic E-state index is -3.76. The Labute approximate surface area is 123 Å². The average Bonchev–Trinajstić information content (AvgIpc) is 2.47. The molecule has 0 bridgehead atoms. The summed E-state index contributed by atoms with van der Waals surface area (Å²) in [6.07, 6.45) is -0.787. The number of anilines is 1. The molecule has 1 atom stereocenters. The average molecular weight is 302 g/mol. The van der Waals surface area contributed by atoms with Gasteiger partial charge in [-0.05, 0) is 37.3 Å². The quantitative estimate of drug-likeness (QED) is 0.907. The van der Waals surface area contributed by atoms with E-state index in [1.165, 1.54) is 24.3 Å². The predicted molar refractivity (Wildman–Crippen MR) is 79.0 cm³/mol. The van der Waals surface area contributed by atoms with Crippen molar-refractivity contribution in [2.45, 2.75) is 17.9 Å². The minimum absolute atomic E-state index is 0.0573. The molecule has 0 fully saturated rings. The predicted octanol–water partition coefficient (Wildman–Crippen LogP) is 2.41.